The van der Waals surface area contributed by atoms with E-state index in [-0.39, 0.29) is 19.3 Å². The molecule has 0 heterocycles. The van der Waals surface area contributed by atoms with E-state index >= 15 is 0 Å². The van der Waals surface area contributed by atoms with Gasteiger partial charge in [0.15, 0.2) is 11.5 Å². The number of nitriles is 1. The van der Waals surface area contributed by atoms with Crippen LogP contribution in [0, 0.1) is 16.7 Å². The number of carboxylic acids is 2. The molecule has 0 saturated heterocycles. The molecule has 0 aliphatic carbocycles. The van der Waals surface area contributed by atoms with Crippen LogP contribution in [0.15, 0.2) is 18.2 Å². The Kier molecular flexibility index (Phi) is 6.40. The highest BCUT2D eigenvalue weighted by Crippen LogP contribution is 2.43. The van der Waals surface area contributed by atoms with Gasteiger partial charge < -0.3 is 19.7 Å². The minimum atomic E-state index is -1.28. The molecular weight excluding hydrogens is 326 g/mol. The lowest BCUT2D eigenvalue weighted by molar-refractivity contribution is -0.147. The van der Waals surface area contributed by atoms with E-state index in [0.29, 0.717) is 17.1 Å². The van der Waals surface area contributed by atoms with Gasteiger partial charge in [-0.3, -0.25) is 9.59 Å². The standard InChI is InChI=1S/C18H23NO6/c1-17(2,16(22)23)10-18(11-19,8-7-15(20)21)12-5-6-13(24-3)14(9-12)25-4/h5-6,9H,7-8,10H2,1-4H3,(H,20,21)(H,22,23). The summed E-state index contributed by atoms with van der Waals surface area (Å²) in [6, 6.07) is 7.03. The molecule has 0 radical (unpaired) electrons. The van der Waals surface area contributed by atoms with Crippen LogP contribution in [0.25, 0.3) is 0 Å². The van der Waals surface area contributed by atoms with Crippen molar-refractivity contribution in [3.63, 3.8) is 0 Å². The first-order valence-electron chi connectivity index (χ1n) is 7.71. The van der Waals surface area contributed by atoms with Gasteiger partial charge in [-0.25, -0.2) is 0 Å². The number of rotatable bonds is 9. The smallest absolute Gasteiger partial charge is 0.309 e. The highest BCUT2D eigenvalue weighted by molar-refractivity contribution is 5.74. The van der Waals surface area contributed by atoms with Crippen molar-refractivity contribution < 1.29 is 29.3 Å². The quantitative estimate of drug-likeness (QED) is 0.704. The monoisotopic (exact) mass is 349 g/mol. The minimum Gasteiger partial charge on any atom is -0.493 e. The zero-order chi connectivity index (χ0) is 19.3. The molecule has 0 fully saturated rings. The second-order valence-electron chi connectivity index (χ2n) is 6.52. The number of nitrogens with zero attached hydrogens (tertiary/aromatic N) is 1. The molecule has 2 N–H and O–H groups in total. The first-order valence-corrected chi connectivity index (χ1v) is 7.71. The summed E-state index contributed by atoms with van der Waals surface area (Å²) < 4.78 is 10.4. The number of hydrogen-bond acceptors (Lipinski definition) is 5. The lowest BCUT2D eigenvalue weighted by Gasteiger charge is -2.33. The molecule has 0 amide bonds. The molecule has 0 spiro atoms. The van der Waals surface area contributed by atoms with Crippen molar-refractivity contribution in [2.45, 2.75) is 38.5 Å². The van der Waals surface area contributed by atoms with Crippen molar-refractivity contribution in [1.29, 1.82) is 5.26 Å². The molecule has 1 rings (SSSR count). The van der Waals surface area contributed by atoms with Crippen molar-refractivity contribution >= 4 is 11.9 Å². The SMILES string of the molecule is COc1ccc(C(C#N)(CCC(=O)O)CC(C)(C)C(=O)O)cc1OC. The van der Waals surface area contributed by atoms with Crippen LogP contribution >= 0.6 is 0 Å². The molecule has 7 nitrogen and oxygen atoms in total. The lowest BCUT2D eigenvalue weighted by Crippen LogP contribution is -2.36. The number of benzene rings is 1. The number of methoxy groups -OCH3 is 2. The fourth-order valence-electron chi connectivity index (χ4n) is 2.78. The van der Waals surface area contributed by atoms with Crippen molar-refractivity contribution in [2.24, 2.45) is 5.41 Å². The van der Waals surface area contributed by atoms with Gasteiger partial charge in [-0.2, -0.15) is 5.26 Å². The van der Waals surface area contributed by atoms with Crippen molar-refractivity contribution in [3.8, 4) is 17.6 Å². The molecule has 0 aliphatic rings. The fraction of sp³-hybridized carbons (Fsp3) is 0.500. The van der Waals surface area contributed by atoms with Crippen LogP contribution in [-0.4, -0.2) is 36.4 Å². The van der Waals surface area contributed by atoms with E-state index in [4.69, 9.17) is 14.6 Å². The number of hydrogen-bond donors (Lipinski definition) is 2. The van der Waals surface area contributed by atoms with Gasteiger partial charge in [0.25, 0.3) is 0 Å². The normalized spacial score (nSPS) is 13.4. The van der Waals surface area contributed by atoms with E-state index < -0.39 is 22.8 Å². The van der Waals surface area contributed by atoms with Crippen LogP contribution in [-0.2, 0) is 15.0 Å². The predicted octanol–water partition coefficient (Wildman–Crippen LogP) is 2.83. The zero-order valence-electron chi connectivity index (χ0n) is 14.8. The third kappa shape index (κ3) is 4.63. The van der Waals surface area contributed by atoms with Gasteiger partial charge in [0.05, 0.1) is 31.1 Å². The molecule has 1 aromatic carbocycles. The van der Waals surface area contributed by atoms with Crippen LogP contribution in [0.1, 0.15) is 38.7 Å². The Balaban J connectivity index is 3.46. The average Bonchev–Trinajstić information content (AvgIpc) is 2.57. The second kappa shape index (κ2) is 7.88. The first kappa shape index (κ1) is 20.3. The van der Waals surface area contributed by atoms with Gasteiger partial charge in [-0.05, 0) is 44.4 Å². The maximum Gasteiger partial charge on any atom is 0.309 e. The summed E-state index contributed by atoms with van der Waals surface area (Å²) in [5.74, 6) is -1.24. The van der Waals surface area contributed by atoms with Gasteiger partial charge in [-0.1, -0.05) is 6.07 Å². The summed E-state index contributed by atoms with van der Waals surface area (Å²) in [4.78, 5) is 22.6. The van der Waals surface area contributed by atoms with Gasteiger partial charge in [0.2, 0.25) is 0 Å². The molecule has 1 unspecified atom stereocenters. The lowest BCUT2D eigenvalue weighted by atomic mass is 9.67. The average molecular weight is 349 g/mol. The van der Waals surface area contributed by atoms with Gasteiger partial charge in [-0.15, -0.1) is 0 Å². The molecule has 0 aliphatic heterocycles. The first-order chi connectivity index (χ1) is 11.6. The Morgan fingerprint density at radius 3 is 2.20 bits per heavy atom. The van der Waals surface area contributed by atoms with Crippen molar-refractivity contribution in [2.75, 3.05) is 14.2 Å². The highest BCUT2D eigenvalue weighted by Gasteiger charge is 2.42. The van der Waals surface area contributed by atoms with Crippen LogP contribution in [0.3, 0.4) is 0 Å². The Bertz CT molecular complexity index is 691. The van der Waals surface area contributed by atoms with Gasteiger partial charge in [0.1, 0.15) is 0 Å². The van der Waals surface area contributed by atoms with E-state index in [1.54, 1.807) is 18.2 Å². The maximum atomic E-state index is 11.5. The summed E-state index contributed by atoms with van der Waals surface area (Å²) in [5, 5.41) is 28.3. The Morgan fingerprint density at radius 2 is 1.76 bits per heavy atom. The molecule has 25 heavy (non-hydrogen) atoms. The van der Waals surface area contributed by atoms with E-state index in [1.165, 1.54) is 28.1 Å². The molecule has 1 atom stereocenters. The molecule has 0 bridgehead atoms. The maximum absolute atomic E-state index is 11.5. The molecule has 136 valence electrons. The minimum absolute atomic E-state index is 0.00890. The number of carboxylic acid groups (broad SMARTS) is 2. The van der Waals surface area contributed by atoms with E-state index in [2.05, 4.69) is 6.07 Å². The molecule has 0 saturated carbocycles. The fourth-order valence-corrected chi connectivity index (χ4v) is 2.78. The van der Waals surface area contributed by atoms with Crippen molar-refractivity contribution in [3.05, 3.63) is 23.8 Å². The van der Waals surface area contributed by atoms with E-state index in [0.717, 1.165) is 0 Å². The molecule has 1 aromatic rings. The zero-order valence-corrected chi connectivity index (χ0v) is 14.8. The Hall–Kier alpha value is -2.75. The van der Waals surface area contributed by atoms with E-state index in [1.807, 2.05) is 0 Å². The third-order valence-corrected chi connectivity index (χ3v) is 4.24. The summed E-state index contributed by atoms with van der Waals surface area (Å²) in [5.41, 5.74) is -1.98. The van der Waals surface area contributed by atoms with Crippen molar-refractivity contribution in [1.82, 2.24) is 0 Å². The predicted molar refractivity (Wildman–Crippen MR) is 89.7 cm³/mol. The topological polar surface area (TPSA) is 117 Å². The summed E-state index contributed by atoms with van der Waals surface area (Å²) in [6.07, 6.45) is -0.294. The van der Waals surface area contributed by atoms with E-state index in [9.17, 15) is 20.0 Å². The van der Waals surface area contributed by atoms with Gasteiger partial charge in [0, 0.05) is 6.42 Å². The second-order valence-corrected chi connectivity index (χ2v) is 6.52. The summed E-state index contributed by atoms with van der Waals surface area (Å²) >= 11 is 0. The Labute approximate surface area is 146 Å². The largest absolute Gasteiger partial charge is 0.493 e. The third-order valence-electron chi connectivity index (χ3n) is 4.24. The van der Waals surface area contributed by atoms with Crippen LogP contribution in [0.5, 0.6) is 11.5 Å². The molecule has 0 aromatic heterocycles. The summed E-state index contributed by atoms with van der Waals surface area (Å²) in [6.45, 7) is 3.03. The van der Waals surface area contributed by atoms with Crippen LogP contribution in [0.2, 0.25) is 0 Å². The number of aliphatic carboxylic acids is 2. The summed E-state index contributed by atoms with van der Waals surface area (Å²) in [7, 11) is 2.93. The highest BCUT2D eigenvalue weighted by atomic mass is 16.5. The molecular formula is C18H23NO6. The van der Waals surface area contributed by atoms with Crippen LogP contribution in [0.4, 0.5) is 0 Å². The van der Waals surface area contributed by atoms with Gasteiger partial charge >= 0.3 is 11.9 Å². The Morgan fingerprint density at radius 1 is 1.16 bits per heavy atom. The van der Waals surface area contributed by atoms with Crippen LogP contribution < -0.4 is 9.47 Å². The number of ether oxygens (including phenoxy) is 2. The number of carbonyl (C=O) groups is 2. The molecule has 7 heteroatoms.